The van der Waals surface area contributed by atoms with E-state index in [1.807, 2.05) is 0 Å². The summed E-state index contributed by atoms with van der Waals surface area (Å²) < 4.78 is 25.0. The van der Waals surface area contributed by atoms with E-state index in [4.69, 9.17) is 39.7 Å². The van der Waals surface area contributed by atoms with Gasteiger partial charge in [-0.15, -0.1) is 0 Å². The molecule has 6 atom stereocenters. The van der Waals surface area contributed by atoms with Gasteiger partial charge in [-0.2, -0.15) is 0 Å². The number of benzene rings is 2. The monoisotopic (exact) mass is 886 g/mol. The van der Waals surface area contributed by atoms with Crippen molar-refractivity contribution in [2.24, 2.45) is 11.8 Å². The lowest BCUT2D eigenvalue weighted by Crippen LogP contribution is -2.33. The van der Waals surface area contributed by atoms with Gasteiger partial charge in [0.2, 0.25) is 11.5 Å². The molecular weight excluding hydrogens is 824 g/mol. The number of aliphatic hydroxyl groups is 7. The third-order valence-corrected chi connectivity index (χ3v) is 9.79. The molecule has 0 spiro atoms. The molecule has 2 unspecified atom stereocenters. The SMILES string of the molecule is CCCCC(CC)COC(=O)/C=C/c1ccc(O)cc1.CCCCC(CC)COC(=O)/C=C/c1ccc(OC[C@@H](O)[C@H]2OC(=O)C(O)=C2O)cc1.O=C1O[C@H]([C@H](O)CO)C(O)=C1O. The zero-order valence-corrected chi connectivity index (χ0v) is 36.1. The normalized spacial score (nSPS) is 17.8. The lowest BCUT2D eigenvalue weighted by molar-refractivity contribution is -0.148. The number of hydrogen-bond acceptors (Lipinski definition) is 17. The molecule has 2 heterocycles. The number of phenols is 1. The number of hydrogen-bond donors (Lipinski definition) is 8. The molecule has 8 N–H and O–H groups in total. The summed E-state index contributed by atoms with van der Waals surface area (Å²) in [6, 6.07) is 13.4. The topological polar surface area (TPSA) is 276 Å². The Morgan fingerprint density at radius 1 is 0.635 bits per heavy atom. The molecule has 0 amide bonds. The Balaban J connectivity index is 0.000000363. The first-order chi connectivity index (χ1) is 30.1. The summed E-state index contributed by atoms with van der Waals surface area (Å²) in [4.78, 5) is 45.2. The number of aromatic hydroxyl groups is 1. The van der Waals surface area contributed by atoms with Gasteiger partial charge in [0.15, 0.2) is 23.7 Å². The zero-order chi connectivity index (χ0) is 46.9. The minimum Gasteiger partial charge on any atom is -0.508 e. The smallest absolute Gasteiger partial charge is 0.377 e. The molecular formula is C46H62O17. The van der Waals surface area contributed by atoms with Crippen LogP contribution >= 0.6 is 0 Å². The third-order valence-electron chi connectivity index (χ3n) is 9.79. The predicted molar refractivity (Wildman–Crippen MR) is 230 cm³/mol. The van der Waals surface area contributed by atoms with Crippen molar-refractivity contribution in [3.05, 3.63) is 94.8 Å². The van der Waals surface area contributed by atoms with Crippen LogP contribution in [0.5, 0.6) is 11.5 Å². The first-order valence-corrected chi connectivity index (χ1v) is 20.9. The maximum Gasteiger partial charge on any atom is 0.377 e. The van der Waals surface area contributed by atoms with Crippen LogP contribution in [0.25, 0.3) is 12.2 Å². The number of carbonyl (C=O) groups is 4. The molecule has 0 saturated carbocycles. The second kappa shape index (κ2) is 28.5. The number of phenolic OH excluding ortho intramolecular Hbond substituents is 1. The van der Waals surface area contributed by atoms with Crippen molar-refractivity contribution in [1.82, 2.24) is 0 Å². The van der Waals surface area contributed by atoms with Gasteiger partial charge in [0.25, 0.3) is 0 Å². The van der Waals surface area contributed by atoms with Crippen molar-refractivity contribution in [1.29, 1.82) is 0 Å². The van der Waals surface area contributed by atoms with Crippen LogP contribution < -0.4 is 4.74 Å². The zero-order valence-electron chi connectivity index (χ0n) is 36.1. The van der Waals surface area contributed by atoms with Crippen LogP contribution in [0.3, 0.4) is 0 Å². The van der Waals surface area contributed by atoms with Crippen LogP contribution in [-0.4, -0.2) is 116 Å². The van der Waals surface area contributed by atoms with Crippen LogP contribution in [0.4, 0.5) is 0 Å². The van der Waals surface area contributed by atoms with E-state index in [1.165, 1.54) is 25.0 Å². The first kappa shape index (κ1) is 53.1. The van der Waals surface area contributed by atoms with Gasteiger partial charge in [-0.3, -0.25) is 0 Å². The lowest BCUT2D eigenvalue weighted by atomic mass is 10.0. The highest BCUT2D eigenvalue weighted by Crippen LogP contribution is 2.23. The Labute approximate surface area is 367 Å². The van der Waals surface area contributed by atoms with Crippen LogP contribution in [0, 0.1) is 11.8 Å². The van der Waals surface area contributed by atoms with Crippen LogP contribution in [0.2, 0.25) is 0 Å². The summed E-state index contributed by atoms with van der Waals surface area (Å²) >= 11 is 0. The molecule has 17 heteroatoms. The minimum atomic E-state index is -1.42. The molecule has 0 bridgehead atoms. The van der Waals surface area contributed by atoms with Crippen molar-refractivity contribution < 1.29 is 83.7 Å². The fourth-order valence-electron chi connectivity index (χ4n) is 5.70. The van der Waals surface area contributed by atoms with Gasteiger partial charge in [-0.05, 0) is 72.2 Å². The standard InChI is InChI=1S/C23H30O8.C17H24O3.C6H8O6/c1-3-5-6-15(4-2)13-30-19(25)12-9-16-7-10-17(11-8-16)29-14-18(24)22-20(26)21(27)23(28)31-22;1-3-5-6-14(4-2)13-20-17(19)12-9-15-7-10-16(18)11-8-15;7-1-2(8)5-3(9)4(10)6(11)12-5/h7-12,15,18,22,24,26-27H,3-6,13-14H2,1-2H3;7-12,14,18H,3-6,13H2,1-2H3;2,5,7-10H,1H2/b2*12-9+;/t15?,18-,22-;;2-,5-/m1.1/s1. The van der Waals surface area contributed by atoms with Crippen LogP contribution in [0.15, 0.2) is 83.7 Å². The molecule has 0 radical (unpaired) electrons. The van der Waals surface area contributed by atoms with Gasteiger partial charge in [-0.25, -0.2) is 19.2 Å². The summed E-state index contributed by atoms with van der Waals surface area (Å²) in [6.07, 6.45) is 9.43. The van der Waals surface area contributed by atoms with Gasteiger partial charge in [0.05, 0.1) is 19.8 Å². The average Bonchev–Trinajstić information content (AvgIpc) is 3.71. The minimum absolute atomic E-state index is 0.214. The number of cyclic esters (lactones) is 2. The Morgan fingerprint density at radius 2 is 1.05 bits per heavy atom. The van der Waals surface area contributed by atoms with Gasteiger partial charge in [-0.1, -0.05) is 90.5 Å². The molecule has 2 aliphatic heterocycles. The molecule has 17 nitrogen and oxygen atoms in total. The van der Waals surface area contributed by atoms with Crippen molar-refractivity contribution >= 4 is 36.0 Å². The number of esters is 4. The molecule has 4 rings (SSSR count). The molecule has 0 fully saturated rings. The van der Waals surface area contributed by atoms with E-state index in [-0.39, 0.29) is 24.3 Å². The number of unbranched alkanes of at least 4 members (excludes halogenated alkanes) is 2. The summed E-state index contributed by atoms with van der Waals surface area (Å²) in [5.74, 6) is -4.72. The summed E-state index contributed by atoms with van der Waals surface area (Å²) in [5.41, 5.74) is 1.62. The second-order valence-corrected chi connectivity index (χ2v) is 14.7. The van der Waals surface area contributed by atoms with E-state index < -0.39 is 66.0 Å². The van der Waals surface area contributed by atoms with E-state index in [0.717, 1.165) is 49.7 Å². The van der Waals surface area contributed by atoms with Gasteiger partial charge in [0.1, 0.15) is 30.3 Å². The van der Waals surface area contributed by atoms with Gasteiger partial charge in [0, 0.05) is 12.2 Å². The maximum absolute atomic E-state index is 11.9. The Kier molecular flexibility index (Phi) is 24.1. The highest BCUT2D eigenvalue weighted by atomic mass is 16.6. The first-order valence-electron chi connectivity index (χ1n) is 20.9. The molecule has 348 valence electrons. The maximum atomic E-state index is 11.9. The van der Waals surface area contributed by atoms with Gasteiger partial charge < -0.3 is 64.5 Å². The quantitative estimate of drug-likeness (QED) is 0.0371. The number of aliphatic hydroxyl groups excluding tert-OH is 7. The van der Waals surface area contributed by atoms with Crippen molar-refractivity contribution in [2.45, 2.75) is 103 Å². The molecule has 2 aromatic carbocycles. The Bertz CT molecular complexity index is 1850. The number of ether oxygens (including phenoxy) is 5. The summed E-state index contributed by atoms with van der Waals surface area (Å²) in [7, 11) is 0. The van der Waals surface area contributed by atoms with Crippen molar-refractivity contribution in [3.8, 4) is 11.5 Å². The number of rotatable bonds is 22. The highest BCUT2D eigenvalue weighted by molar-refractivity contribution is 5.90. The fourth-order valence-corrected chi connectivity index (χ4v) is 5.70. The summed E-state index contributed by atoms with van der Waals surface area (Å²) in [5, 5.41) is 73.0. The van der Waals surface area contributed by atoms with E-state index >= 15 is 0 Å². The lowest BCUT2D eigenvalue weighted by Gasteiger charge is -2.17. The van der Waals surface area contributed by atoms with Crippen LogP contribution in [-0.2, 0) is 38.1 Å². The molecule has 2 aromatic rings. The molecule has 0 aromatic heterocycles. The average molecular weight is 887 g/mol. The molecule has 0 aliphatic carbocycles. The predicted octanol–water partition coefficient (Wildman–Crippen LogP) is 6.21. The van der Waals surface area contributed by atoms with E-state index in [9.17, 15) is 34.5 Å². The van der Waals surface area contributed by atoms with Crippen molar-refractivity contribution in [3.63, 3.8) is 0 Å². The molecule has 2 aliphatic rings. The van der Waals surface area contributed by atoms with Crippen LogP contribution in [0.1, 0.15) is 90.2 Å². The summed E-state index contributed by atoms with van der Waals surface area (Å²) in [6.45, 7) is 8.50. The molecule has 63 heavy (non-hydrogen) atoms. The van der Waals surface area contributed by atoms with E-state index in [0.29, 0.717) is 30.8 Å². The Morgan fingerprint density at radius 3 is 1.41 bits per heavy atom. The highest BCUT2D eigenvalue weighted by Gasteiger charge is 2.40. The number of carbonyl (C=O) groups excluding carboxylic acids is 4. The molecule has 0 saturated heterocycles. The largest absolute Gasteiger partial charge is 0.508 e. The Hall–Kier alpha value is -6.04. The van der Waals surface area contributed by atoms with E-state index in [2.05, 4.69) is 37.2 Å². The van der Waals surface area contributed by atoms with E-state index in [1.54, 1.807) is 60.7 Å². The van der Waals surface area contributed by atoms with Crippen molar-refractivity contribution in [2.75, 3.05) is 26.4 Å². The second-order valence-electron chi connectivity index (χ2n) is 14.7. The van der Waals surface area contributed by atoms with Gasteiger partial charge >= 0.3 is 23.9 Å². The fraction of sp³-hybridized carbons (Fsp3) is 0.478. The third kappa shape index (κ3) is 18.9.